The molecule has 0 unspecified atom stereocenters. The maximum Gasteiger partial charge on any atom is 0.250 e. The smallest absolute Gasteiger partial charge is 0.250 e. The Morgan fingerprint density at radius 3 is 2.44 bits per heavy atom. The molecule has 32 heavy (non-hydrogen) atoms. The summed E-state index contributed by atoms with van der Waals surface area (Å²) in [6, 6.07) is 25.9. The molecule has 1 N–H and O–H groups in total. The second-order valence-corrected chi connectivity index (χ2v) is 8.22. The van der Waals surface area contributed by atoms with Crippen LogP contribution in [-0.2, 0) is 4.79 Å². The zero-order valence-corrected chi connectivity index (χ0v) is 18.7. The maximum absolute atomic E-state index is 12.4. The van der Waals surface area contributed by atoms with Crippen LogP contribution in [0.1, 0.15) is 16.7 Å². The van der Waals surface area contributed by atoms with Crippen LogP contribution in [0.15, 0.2) is 89.1 Å². The van der Waals surface area contributed by atoms with Gasteiger partial charge in [-0.2, -0.15) is 5.10 Å². The summed E-state index contributed by atoms with van der Waals surface area (Å²) in [6.07, 6.45) is 1.65. The standard InChI is InChI=1S/C25H23N5OS/c1-18-12-14-22(15-13-18)30-24(20-9-4-3-5-10-20)28-29-25(30)32-17-23(31)27-26-16-21-11-7-6-8-19(21)2/h3-16H,17H2,1-2H3,(H,27,31). The molecule has 1 amide bonds. The van der Waals surface area contributed by atoms with Crippen molar-refractivity contribution < 1.29 is 4.79 Å². The number of carbonyl (C=O) groups excluding carboxylic acids is 1. The molecule has 4 rings (SSSR count). The minimum atomic E-state index is -0.209. The fourth-order valence-electron chi connectivity index (χ4n) is 3.13. The highest BCUT2D eigenvalue weighted by Gasteiger charge is 2.17. The number of aryl methyl sites for hydroxylation is 2. The number of aromatic nitrogens is 3. The van der Waals surface area contributed by atoms with Crippen LogP contribution < -0.4 is 5.43 Å². The Hall–Kier alpha value is -3.71. The Labute approximate surface area is 191 Å². The maximum atomic E-state index is 12.4. The first kappa shape index (κ1) is 21.5. The van der Waals surface area contributed by atoms with Gasteiger partial charge in [-0.25, -0.2) is 5.43 Å². The van der Waals surface area contributed by atoms with Gasteiger partial charge in [0.1, 0.15) is 0 Å². The third-order valence-corrected chi connectivity index (χ3v) is 5.80. The van der Waals surface area contributed by atoms with Crippen molar-refractivity contribution >= 4 is 23.9 Å². The molecule has 3 aromatic carbocycles. The summed E-state index contributed by atoms with van der Waals surface area (Å²) >= 11 is 1.32. The summed E-state index contributed by atoms with van der Waals surface area (Å²) < 4.78 is 1.98. The third-order valence-electron chi connectivity index (χ3n) is 4.87. The molecule has 0 aliphatic carbocycles. The van der Waals surface area contributed by atoms with Gasteiger partial charge in [0.25, 0.3) is 5.91 Å². The molecule has 1 aromatic heterocycles. The molecule has 0 spiro atoms. The minimum Gasteiger partial charge on any atom is -0.272 e. The average molecular weight is 442 g/mol. The Bertz CT molecular complexity index is 1230. The number of hydrazone groups is 1. The second kappa shape index (κ2) is 10.1. The number of carbonyl (C=O) groups is 1. The average Bonchev–Trinajstić information content (AvgIpc) is 3.24. The molecule has 1 heterocycles. The molecule has 4 aromatic rings. The lowest BCUT2D eigenvalue weighted by atomic mass is 10.1. The van der Waals surface area contributed by atoms with Gasteiger partial charge < -0.3 is 0 Å². The molecule has 0 fully saturated rings. The molecule has 7 heteroatoms. The summed E-state index contributed by atoms with van der Waals surface area (Å²) in [5, 5.41) is 13.5. The number of nitrogens with zero attached hydrogens (tertiary/aromatic N) is 4. The van der Waals surface area contributed by atoms with Crippen LogP contribution >= 0.6 is 11.8 Å². The fraction of sp³-hybridized carbons (Fsp3) is 0.120. The van der Waals surface area contributed by atoms with Crippen molar-refractivity contribution in [1.29, 1.82) is 0 Å². The van der Waals surface area contributed by atoms with Gasteiger partial charge in [0.05, 0.1) is 12.0 Å². The molecule has 0 aliphatic heterocycles. The molecule has 0 aliphatic rings. The lowest BCUT2D eigenvalue weighted by molar-refractivity contribution is -0.118. The summed E-state index contributed by atoms with van der Waals surface area (Å²) in [5.74, 6) is 0.693. The summed E-state index contributed by atoms with van der Waals surface area (Å²) in [5.41, 5.74) is 7.72. The zero-order valence-electron chi connectivity index (χ0n) is 17.9. The summed E-state index contributed by atoms with van der Waals surface area (Å²) in [7, 11) is 0. The van der Waals surface area contributed by atoms with Crippen molar-refractivity contribution in [2.75, 3.05) is 5.75 Å². The number of hydrogen-bond acceptors (Lipinski definition) is 5. The molecule has 0 saturated heterocycles. The topological polar surface area (TPSA) is 72.2 Å². The van der Waals surface area contributed by atoms with Gasteiger partial charge in [0.2, 0.25) is 0 Å². The van der Waals surface area contributed by atoms with Crippen LogP contribution in [0.2, 0.25) is 0 Å². The summed E-state index contributed by atoms with van der Waals surface area (Å²) in [6.45, 7) is 4.05. The molecule has 6 nitrogen and oxygen atoms in total. The number of nitrogens with one attached hydrogen (secondary N) is 1. The Balaban J connectivity index is 1.51. The molecule has 0 atom stereocenters. The van der Waals surface area contributed by atoms with Gasteiger partial charge in [0, 0.05) is 11.3 Å². The Morgan fingerprint density at radius 1 is 0.969 bits per heavy atom. The molecular formula is C25H23N5OS. The van der Waals surface area contributed by atoms with E-state index in [9.17, 15) is 4.79 Å². The Kier molecular flexibility index (Phi) is 6.77. The van der Waals surface area contributed by atoms with Crippen molar-refractivity contribution in [3.63, 3.8) is 0 Å². The van der Waals surface area contributed by atoms with E-state index in [0.29, 0.717) is 5.16 Å². The quantitative estimate of drug-likeness (QED) is 0.254. The van der Waals surface area contributed by atoms with Crippen LogP contribution in [0.4, 0.5) is 0 Å². The van der Waals surface area contributed by atoms with Crippen LogP contribution in [0.3, 0.4) is 0 Å². The molecule has 160 valence electrons. The zero-order chi connectivity index (χ0) is 22.3. The van der Waals surface area contributed by atoms with Crippen LogP contribution in [0.5, 0.6) is 0 Å². The van der Waals surface area contributed by atoms with Gasteiger partial charge in [-0.3, -0.25) is 9.36 Å². The Morgan fingerprint density at radius 2 is 1.69 bits per heavy atom. The SMILES string of the molecule is Cc1ccc(-n2c(SCC(=O)NN=Cc3ccccc3C)nnc2-c2ccccc2)cc1. The number of hydrogen-bond donors (Lipinski definition) is 1. The highest BCUT2D eigenvalue weighted by atomic mass is 32.2. The minimum absolute atomic E-state index is 0.171. The lowest BCUT2D eigenvalue weighted by Gasteiger charge is -2.10. The van der Waals surface area contributed by atoms with Gasteiger partial charge in [-0.05, 0) is 37.1 Å². The van der Waals surface area contributed by atoms with Crippen LogP contribution in [-0.4, -0.2) is 32.6 Å². The van der Waals surface area contributed by atoms with Gasteiger partial charge in [-0.15, -0.1) is 10.2 Å². The number of rotatable bonds is 7. The third kappa shape index (κ3) is 5.12. The molecule has 0 saturated carbocycles. The van der Waals surface area contributed by atoms with E-state index < -0.39 is 0 Å². The summed E-state index contributed by atoms with van der Waals surface area (Å²) in [4.78, 5) is 12.4. The second-order valence-electron chi connectivity index (χ2n) is 7.28. The molecule has 0 bridgehead atoms. The van der Waals surface area contributed by atoms with E-state index in [1.165, 1.54) is 17.3 Å². The van der Waals surface area contributed by atoms with E-state index in [1.54, 1.807) is 6.21 Å². The fourth-order valence-corrected chi connectivity index (χ4v) is 3.88. The van der Waals surface area contributed by atoms with Crippen molar-refractivity contribution in [3.8, 4) is 17.1 Å². The number of thioether (sulfide) groups is 1. The number of amides is 1. The van der Waals surface area contributed by atoms with Crippen molar-refractivity contribution in [2.45, 2.75) is 19.0 Å². The van der Waals surface area contributed by atoms with E-state index in [1.807, 2.05) is 97.3 Å². The van der Waals surface area contributed by atoms with E-state index in [0.717, 1.165) is 28.2 Å². The van der Waals surface area contributed by atoms with E-state index in [2.05, 4.69) is 20.7 Å². The van der Waals surface area contributed by atoms with Crippen molar-refractivity contribution in [3.05, 3.63) is 95.6 Å². The molecule has 0 radical (unpaired) electrons. The monoisotopic (exact) mass is 441 g/mol. The highest BCUT2D eigenvalue weighted by molar-refractivity contribution is 7.99. The highest BCUT2D eigenvalue weighted by Crippen LogP contribution is 2.28. The van der Waals surface area contributed by atoms with Crippen LogP contribution in [0, 0.1) is 13.8 Å². The molecular weight excluding hydrogens is 418 g/mol. The van der Waals surface area contributed by atoms with Crippen molar-refractivity contribution in [2.24, 2.45) is 5.10 Å². The lowest BCUT2D eigenvalue weighted by Crippen LogP contribution is -2.20. The van der Waals surface area contributed by atoms with Gasteiger partial charge in [0.15, 0.2) is 11.0 Å². The van der Waals surface area contributed by atoms with E-state index in [-0.39, 0.29) is 11.7 Å². The van der Waals surface area contributed by atoms with Crippen LogP contribution in [0.25, 0.3) is 17.1 Å². The predicted molar refractivity (Wildman–Crippen MR) is 129 cm³/mol. The predicted octanol–water partition coefficient (Wildman–Crippen LogP) is 4.79. The first-order valence-corrected chi connectivity index (χ1v) is 11.2. The first-order chi connectivity index (χ1) is 15.6. The normalized spacial score (nSPS) is 11.1. The largest absolute Gasteiger partial charge is 0.272 e. The van der Waals surface area contributed by atoms with E-state index in [4.69, 9.17) is 0 Å². The van der Waals surface area contributed by atoms with E-state index >= 15 is 0 Å². The van der Waals surface area contributed by atoms with Gasteiger partial charge >= 0.3 is 0 Å². The van der Waals surface area contributed by atoms with Gasteiger partial charge in [-0.1, -0.05) is 84.1 Å². The number of benzene rings is 3. The van der Waals surface area contributed by atoms with Crippen molar-refractivity contribution in [1.82, 2.24) is 20.2 Å². The first-order valence-electron chi connectivity index (χ1n) is 10.2.